The maximum Gasteiger partial charge on any atom is 0.309 e. The molecule has 192 valence electrons. The Morgan fingerprint density at radius 1 is 1.08 bits per heavy atom. The van der Waals surface area contributed by atoms with Gasteiger partial charge in [-0.05, 0) is 92.7 Å². The number of imide groups is 1. The Morgan fingerprint density at radius 3 is 2.50 bits per heavy atom. The Labute approximate surface area is 214 Å². The molecule has 1 aromatic rings. The van der Waals surface area contributed by atoms with E-state index in [1.54, 1.807) is 0 Å². The van der Waals surface area contributed by atoms with E-state index < -0.39 is 11.4 Å². The molecule has 6 aliphatic rings. The van der Waals surface area contributed by atoms with Crippen molar-refractivity contribution in [3.05, 3.63) is 41.5 Å². The molecule has 5 heteroatoms. The minimum Gasteiger partial charge on any atom is -0.481 e. The van der Waals surface area contributed by atoms with Gasteiger partial charge in [0.25, 0.3) is 0 Å². The molecule has 1 aliphatic heterocycles. The van der Waals surface area contributed by atoms with Crippen LogP contribution in [0.1, 0.15) is 71.8 Å². The summed E-state index contributed by atoms with van der Waals surface area (Å²) in [5, 5.41) is 10.3. The number of nitrogens with zero attached hydrogens (tertiary/aromatic N) is 1. The number of carbonyl (C=O) groups excluding carboxylic acids is 2. The van der Waals surface area contributed by atoms with Crippen molar-refractivity contribution in [2.75, 3.05) is 4.90 Å². The van der Waals surface area contributed by atoms with Gasteiger partial charge < -0.3 is 5.11 Å². The van der Waals surface area contributed by atoms with Crippen LogP contribution in [0.25, 0.3) is 0 Å². The van der Waals surface area contributed by atoms with Gasteiger partial charge >= 0.3 is 5.97 Å². The SMILES string of the molecule is Cc1cccc(N2C(=O)[C@@H]3C4CC5C(C=C4C(C)C)(CCC4[C@]5(C)CCC[C@@]4(C)C(=O)O)[C@@H]3C2=O)c1. The molecule has 5 nitrogen and oxygen atoms in total. The Morgan fingerprint density at radius 2 is 1.83 bits per heavy atom. The third-order valence-corrected chi connectivity index (χ3v) is 11.4. The van der Waals surface area contributed by atoms with E-state index in [0.29, 0.717) is 11.6 Å². The van der Waals surface area contributed by atoms with Gasteiger partial charge in [0.1, 0.15) is 0 Å². The third-order valence-electron chi connectivity index (χ3n) is 11.4. The maximum atomic E-state index is 14.3. The molecule has 2 bridgehead atoms. The summed E-state index contributed by atoms with van der Waals surface area (Å²) in [6.45, 7) is 10.7. The number of rotatable bonds is 3. The Kier molecular flexibility index (Phi) is 5.02. The summed E-state index contributed by atoms with van der Waals surface area (Å²) in [5.74, 6) is -0.679. The Balaban J connectivity index is 1.50. The number of carboxylic acid groups (broad SMARTS) is 1. The normalized spacial score (nSPS) is 43.2. The van der Waals surface area contributed by atoms with Crippen LogP contribution in [0.3, 0.4) is 0 Å². The van der Waals surface area contributed by atoms with Crippen molar-refractivity contribution < 1.29 is 19.5 Å². The Bertz CT molecular complexity index is 1200. The first kappa shape index (κ1) is 23.9. The molecular formula is C31H39NO4. The van der Waals surface area contributed by atoms with Crippen molar-refractivity contribution in [3.63, 3.8) is 0 Å². The number of benzene rings is 1. The Hall–Kier alpha value is -2.43. The van der Waals surface area contributed by atoms with Crippen LogP contribution < -0.4 is 4.90 Å². The molecule has 1 N–H and O–H groups in total. The highest BCUT2D eigenvalue weighted by atomic mass is 16.4. The third kappa shape index (κ3) is 2.80. The molecule has 0 radical (unpaired) electrons. The molecule has 36 heavy (non-hydrogen) atoms. The van der Waals surface area contributed by atoms with Gasteiger partial charge in [-0.25, -0.2) is 4.90 Å². The summed E-state index contributed by atoms with van der Waals surface area (Å²) in [6.07, 6.45) is 7.58. The minimum atomic E-state index is -0.724. The lowest BCUT2D eigenvalue weighted by Crippen LogP contribution is -2.65. The molecule has 2 amide bonds. The van der Waals surface area contributed by atoms with E-state index in [9.17, 15) is 19.5 Å². The number of aryl methyl sites for hydroxylation is 1. The molecule has 1 aromatic carbocycles. The standard InChI is InChI=1S/C31H39NO4/c1-17(2)21-16-31-13-10-22-29(4,11-7-12-30(22,5)28(35)36)23(31)15-20(21)24-25(31)27(34)32(26(24)33)19-9-6-8-18(3)14-19/h6,8-9,14,16-17,20,22-25H,7,10-13,15H2,1-5H3,(H,35,36)/t20?,22?,23?,24-,25+,29+,30-,31?/m1/s1. The first-order valence-electron chi connectivity index (χ1n) is 13.9. The van der Waals surface area contributed by atoms with E-state index in [0.717, 1.165) is 44.1 Å². The molecular weight excluding hydrogens is 450 g/mol. The van der Waals surface area contributed by atoms with Crippen LogP contribution >= 0.6 is 0 Å². The zero-order valence-electron chi connectivity index (χ0n) is 22.2. The van der Waals surface area contributed by atoms with E-state index in [1.165, 1.54) is 10.5 Å². The number of amides is 2. The fourth-order valence-electron chi connectivity index (χ4n) is 9.98. The van der Waals surface area contributed by atoms with E-state index >= 15 is 0 Å². The lowest BCUT2D eigenvalue weighted by atomic mass is 9.34. The van der Waals surface area contributed by atoms with Gasteiger partial charge in [0.15, 0.2) is 0 Å². The highest BCUT2D eigenvalue weighted by molar-refractivity contribution is 6.23. The number of hydrogen-bond acceptors (Lipinski definition) is 3. The second-order valence-corrected chi connectivity index (χ2v) is 13.3. The van der Waals surface area contributed by atoms with Crippen molar-refractivity contribution in [1.29, 1.82) is 0 Å². The summed E-state index contributed by atoms with van der Waals surface area (Å²) < 4.78 is 0. The zero-order chi connectivity index (χ0) is 25.8. The topological polar surface area (TPSA) is 74.7 Å². The molecule has 4 fully saturated rings. The van der Waals surface area contributed by atoms with Crippen molar-refractivity contribution in [1.82, 2.24) is 0 Å². The summed E-state index contributed by atoms with van der Waals surface area (Å²) >= 11 is 0. The second kappa shape index (κ2) is 7.55. The molecule has 1 saturated heterocycles. The maximum absolute atomic E-state index is 14.3. The van der Waals surface area contributed by atoms with Crippen molar-refractivity contribution in [2.45, 2.75) is 73.1 Å². The fraction of sp³-hybridized carbons (Fsp3) is 0.645. The van der Waals surface area contributed by atoms with Gasteiger partial charge in [0.05, 0.1) is 22.9 Å². The number of carbonyl (C=O) groups is 3. The molecule has 0 aromatic heterocycles. The van der Waals surface area contributed by atoms with Crippen molar-refractivity contribution in [2.24, 2.45) is 51.8 Å². The monoisotopic (exact) mass is 489 g/mol. The average molecular weight is 490 g/mol. The van der Waals surface area contributed by atoms with Crippen LogP contribution in [-0.4, -0.2) is 22.9 Å². The predicted molar refractivity (Wildman–Crippen MR) is 138 cm³/mol. The van der Waals surface area contributed by atoms with Gasteiger partial charge in [-0.2, -0.15) is 0 Å². The molecule has 1 spiro atoms. The smallest absolute Gasteiger partial charge is 0.309 e. The molecule has 1 heterocycles. The zero-order valence-corrected chi connectivity index (χ0v) is 22.2. The van der Waals surface area contributed by atoms with Crippen LogP contribution in [0.4, 0.5) is 5.69 Å². The van der Waals surface area contributed by atoms with Crippen molar-refractivity contribution >= 4 is 23.5 Å². The molecule has 3 saturated carbocycles. The second-order valence-electron chi connectivity index (χ2n) is 13.3. The number of anilines is 1. The summed E-state index contributed by atoms with van der Waals surface area (Å²) in [4.78, 5) is 42.3. The van der Waals surface area contributed by atoms with Crippen LogP contribution in [0.5, 0.6) is 0 Å². The van der Waals surface area contributed by atoms with Gasteiger partial charge in [0.2, 0.25) is 11.8 Å². The number of allylic oxidation sites excluding steroid dienone is 2. The van der Waals surface area contributed by atoms with Gasteiger partial charge in [-0.1, -0.05) is 51.0 Å². The van der Waals surface area contributed by atoms with Crippen LogP contribution in [0, 0.1) is 58.7 Å². The number of carboxylic acids is 1. The van der Waals surface area contributed by atoms with Gasteiger partial charge in [-0.3, -0.25) is 14.4 Å². The van der Waals surface area contributed by atoms with Crippen molar-refractivity contribution in [3.8, 4) is 0 Å². The van der Waals surface area contributed by atoms with E-state index in [1.807, 2.05) is 38.1 Å². The van der Waals surface area contributed by atoms with E-state index in [-0.39, 0.29) is 52.2 Å². The highest BCUT2D eigenvalue weighted by Gasteiger charge is 2.73. The molecule has 4 unspecified atom stereocenters. The van der Waals surface area contributed by atoms with Crippen LogP contribution in [0.15, 0.2) is 35.9 Å². The molecule has 5 aliphatic carbocycles. The van der Waals surface area contributed by atoms with Crippen LogP contribution in [-0.2, 0) is 14.4 Å². The summed E-state index contributed by atoms with van der Waals surface area (Å²) in [6, 6.07) is 7.73. The van der Waals surface area contributed by atoms with E-state index in [2.05, 4.69) is 26.8 Å². The molecule has 8 atom stereocenters. The number of hydrogen-bond donors (Lipinski definition) is 1. The predicted octanol–water partition coefficient (Wildman–Crippen LogP) is 6.01. The van der Waals surface area contributed by atoms with E-state index in [4.69, 9.17) is 0 Å². The van der Waals surface area contributed by atoms with Crippen LogP contribution in [0.2, 0.25) is 0 Å². The summed E-state index contributed by atoms with van der Waals surface area (Å²) in [7, 11) is 0. The fourth-order valence-corrected chi connectivity index (χ4v) is 9.98. The quantitative estimate of drug-likeness (QED) is 0.417. The number of aliphatic carboxylic acids is 1. The minimum absolute atomic E-state index is 0.0315. The first-order valence-corrected chi connectivity index (χ1v) is 13.9. The van der Waals surface area contributed by atoms with Gasteiger partial charge in [0, 0.05) is 5.41 Å². The molecule has 7 rings (SSSR count). The summed E-state index contributed by atoms with van der Waals surface area (Å²) in [5.41, 5.74) is 1.83. The van der Waals surface area contributed by atoms with Gasteiger partial charge in [-0.15, -0.1) is 0 Å². The largest absolute Gasteiger partial charge is 0.481 e. The first-order chi connectivity index (χ1) is 17.0. The number of fused-ring (bicyclic) bond motifs is 1. The lowest BCUT2D eigenvalue weighted by Gasteiger charge is -2.68. The lowest BCUT2D eigenvalue weighted by molar-refractivity contribution is -0.194. The average Bonchev–Trinajstić information content (AvgIpc) is 3.10. The highest BCUT2D eigenvalue weighted by Crippen LogP contribution is 2.74.